The molecule has 0 aromatic rings. The lowest BCUT2D eigenvalue weighted by Crippen LogP contribution is -2.41. The van der Waals surface area contributed by atoms with Crippen molar-refractivity contribution in [3.8, 4) is 0 Å². The maximum atomic E-state index is 5.84. The molecule has 1 unspecified atom stereocenters. The second-order valence-electron chi connectivity index (χ2n) is 2.13. The topological polar surface area (TPSA) is 29.3 Å². The number of alkyl halides is 1. The number of nitrogens with zero attached hydrogens (tertiary/aromatic N) is 1. The van der Waals surface area contributed by atoms with Crippen molar-refractivity contribution in [3.05, 3.63) is 9.51 Å². The SMILES string of the molecule is CC1=C(Br)SC(N)(Br)N1C. The summed E-state index contributed by atoms with van der Waals surface area (Å²) < 4.78 is 0.630. The number of rotatable bonds is 0. The van der Waals surface area contributed by atoms with Crippen molar-refractivity contribution in [2.24, 2.45) is 5.73 Å². The maximum absolute atomic E-state index is 5.84. The van der Waals surface area contributed by atoms with Crippen molar-refractivity contribution in [1.29, 1.82) is 0 Å². The minimum Gasteiger partial charge on any atom is -0.341 e. The van der Waals surface area contributed by atoms with Gasteiger partial charge in [0.2, 0.25) is 0 Å². The van der Waals surface area contributed by atoms with Gasteiger partial charge in [-0.15, -0.1) is 0 Å². The van der Waals surface area contributed by atoms with Gasteiger partial charge in [0.25, 0.3) is 0 Å². The Morgan fingerprint density at radius 3 is 2.30 bits per heavy atom. The Kier molecular flexibility index (Phi) is 2.40. The first-order valence-corrected chi connectivity index (χ1v) is 5.12. The van der Waals surface area contributed by atoms with Crippen LogP contribution in [0.3, 0.4) is 0 Å². The molecule has 0 aromatic heterocycles. The summed E-state index contributed by atoms with van der Waals surface area (Å²) in [6, 6.07) is 0. The van der Waals surface area contributed by atoms with Crippen LogP contribution in [0.2, 0.25) is 0 Å². The van der Waals surface area contributed by atoms with Crippen LogP contribution in [0.4, 0.5) is 0 Å². The van der Waals surface area contributed by atoms with E-state index < -0.39 is 3.90 Å². The number of halogens is 2. The Hall–Kier alpha value is 0.810. The first-order valence-electron chi connectivity index (χ1n) is 2.72. The molecule has 0 aliphatic carbocycles. The standard InChI is InChI=1S/C5H8Br2N2S/c1-3-4(6)10-5(7,8)9(3)2/h8H2,1-2H3. The summed E-state index contributed by atoms with van der Waals surface area (Å²) >= 11 is 8.35. The summed E-state index contributed by atoms with van der Waals surface area (Å²) in [4.78, 5) is 1.97. The summed E-state index contributed by atoms with van der Waals surface area (Å²) in [5, 5.41) is 0. The molecule has 1 rings (SSSR count). The molecular weight excluding hydrogens is 280 g/mol. The van der Waals surface area contributed by atoms with Crippen molar-refractivity contribution in [3.63, 3.8) is 0 Å². The predicted octanol–water partition coefficient (Wildman–Crippen LogP) is 2.21. The summed E-state index contributed by atoms with van der Waals surface area (Å²) in [7, 11) is 1.95. The van der Waals surface area contributed by atoms with Gasteiger partial charge in [-0.25, -0.2) is 0 Å². The van der Waals surface area contributed by atoms with E-state index in [1.54, 1.807) is 11.8 Å². The molecular formula is C5H8Br2N2S. The second kappa shape index (κ2) is 2.69. The van der Waals surface area contributed by atoms with Crippen LogP contribution >= 0.6 is 43.6 Å². The van der Waals surface area contributed by atoms with Gasteiger partial charge in [0.05, 0.1) is 3.81 Å². The van der Waals surface area contributed by atoms with Gasteiger partial charge in [0.15, 0.2) is 3.90 Å². The minimum absolute atomic E-state index is 0.462. The lowest BCUT2D eigenvalue weighted by atomic mass is 10.5. The molecule has 0 saturated heterocycles. The summed E-state index contributed by atoms with van der Waals surface area (Å²) in [6.07, 6.45) is 0. The van der Waals surface area contributed by atoms with Gasteiger partial charge >= 0.3 is 0 Å². The molecule has 10 heavy (non-hydrogen) atoms. The largest absolute Gasteiger partial charge is 0.341 e. The zero-order chi connectivity index (χ0) is 7.94. The Labute approximate surface area is 81.5 Å². The fourth-order valence-electron chi connectivity index (χ4n) is 0.629. The lowest BCUT2D eigenvalue weighted by molar-refractivity contribution is 0.387. The van der Waals surface area contributed by atoms with Crippen LogP contribution in [0.25, 0.3) is 0 Å². The smallest absolute Gasteiger partial charge is 0.199 e. The van der Waals surface area contributed by atoms with Gasteiger partial charge in [-0.2, -0.15) is 0 Å². The van der Waals surface area contributed by atoms with E-state index in [-0.39, 0.29) is 0 Å². The molecule has 1 aliphatic heterocycles. The molecule has 1 aliphatic rings. The van der Waals surface area contributed by atoms with E-state index in [1.807, 2.05) is 18.9 Å². The predicted molar refractivity (Wildman–Crippen MR) is 52.8 cm³/mol. The monoisotopic (exact) mass is 286 g/mol. The molecule has 0 spiro atoms. The van der Waals surface area contributed by atoms with Crippen LogP contribution in [0.1, 0.15) is 6.92 Å². The zero-order valence-electron chi connectivity index (χ0n) is 5.69. The highest BCUT2D eigenvalue weighted by Crippen LogP contribution is 2.47. The van der Waals surface area contributed by atoms with Crippen molar-refractivity contribution < 1.29 is 0 Å². The van der Waals surface area contributed by atoms with Gasteiger partial charge < -0.3 is 4.90 Å². The Morgan fingerprint density at radius 2 is 2.20 bits per heavy atom. The molecule has 1 atom stereocenters. The van der Waals surface area contributed by atoms with Crippen LogP contribution in [-0.4, -0.2) is 15.9 Å². The van der Waals surface area contributed by atoms with Crippen LogP contribution in [0.15, 0.2) is 9.51 Å². The van der Waals surface area contributed by atoms with Gasteiger partial charge in [-0.3, -0.25) is 5.73 Å². The summed E-state index contributed by atoms with van der Waals surface area (Å²) in [6.45, 7) is 2.02. The van der Waals surface area contributed by atoms with Crippen LogP contribution in [0.5, 0.6) is 0 Å². The van der Waals surface area contributed by atoms with Crippen molar-refractivity contribution in [1.82, 2.24) is 4.90 Å². The van der Waals surface area contributed by atoms with E-state index in [0.29, 0.717) is 0 Å². The van der Waals surface area contributed by atoms with Crippen molar-refractivity contribution in [2.45, 2.75) is 10.8 Å². The van der Waals surface area contributed by atoms with Crippen molar-refractivity contribution >= 4 is 43.6 Å². The third-order valence-electron chi connectivity index (χ3n) is 1.48. The van der Waals surface area contributed by atoms with Crippen molar-refractivity contribution in [2.75, 3.05) is 7.05 Å². The summed E-state index contributed by atoms with van der Waals surface area (Å²) in [5.41, 5.74) is 6.99. The second-order valence-corrected chi connectivity index (χ2v) is 6.42. The fourth-order valence-corrected chi connectivity index (χ4v) is 3.85. The van der Waals surface area contributed by atoms with E-state index in [0.717, 1.165) is 9.51 Å². The first-order chi connectivity index (χ1) is 4.45. The van der Waals surface area contributed by atoms with E-state index in [9.17, 15) is 0 Å². The highest BCUT2D eigenvalue weighted by atomic mass is 79.9. The zero-order valence-corrected chi connectivity index (χ0v) is 9.68. The Bertz CT molecular complexity index is 190. The normalized spacial score (nSPS) is 33.9. The number of hydrogen-bond donors (Lipinski definition) is 1. The van der Waals surface area contributed by atoms with Crippen LogP contribution in [-0.2, 0) is 0 Å². The molecule has 0 fully saturated rings. The average molecular weight is 288 g/mol. The molecule has 0 saturated carbocycles. The maximum Gasteiger partial charge on any atom is 0.199 e. The molecule has 2 nitrogen and oxygen atoms in total. The number of nitrogens with two attached hydrogens (primary N) is 1. The number of hydrogen-bond acceptors (Lipinski definition) is 3. The molecule has 5 heteroatoms. The van der Waals surface area contributed by atoms with Crippen LogP contribution < -0.4 is 5.73 Å². The van der Waals surface area contributed by atoms with Gasteiger partial charge in [-0.05, 0) is 38.8 Å². The third kappa shape index (κ3) is 1.37. The fraction of sp³-hybridized carbons (Fsp3) is 0.600. The molecule has 1 heterocycles. The number of allylic oxidation sites excluding steroid dienone is 1. The van der Waals surface area contributed by atoms with E-state index in [2.05, 4.69) is 31.9 Å². The molecule has 58 valence electrons. The highest BCUT2D eigenvalue weighted by molar-refractivity contribution is 9.15. The minimum atomic E-state index is -0.462. The lowest BCUT2D eigenvalue weighted by Gasteiger charge is -2.27. The van der Waals surface area contributed by atoms with Crippen LogP contribution in [0, 0.1) is 0 Å². The molecule has 2 N–H and O–H groups in total. The van der Waals surface area contributed by atoms with Gasteiger partial charge in [0, 0.05) is 12.7 Å². The summed E-state index contributed by atoms with van der Waals surface area (Å²) in [5.74, 6) is 0. The first kappa shape index (κ1) is 8.90. The molecule has 0 amide bonds. The Balaban J connectivity index is 2.87. The molecule has 0 radical (unpaired) electrons. The quantitative estimate of drug-likeness (QED) is 0.547. The number of thioether (sulfide) groups is 1. The van der Waals surface area contributed by atoms with E-state index in [1.165, 1.54) is 0 Å². The van der Waals surface area contributed by atoms with Gasteiger partial charge in [0.1, 0.15) is 0 Å². The average Bonchev–Trinajstić information content (AvgIpc) is 1.95. The molecule has 0 bridgehead atoms. The van der Waals surface area contributed by atoms with E-state index >= 15 is 0 Å². The van der Waals surface area contributed by atoms with Gasteiger partial charge in [-0.1, -0.05) is 11.8 Å². The Morgan fingerprint density at radius 1 is 1.70 bits per heavy atom. The highest BCUT2D eigenvalue weighted by Gasteiger charge is 2.35. The molecule has 0 aromatic carbocycles. The third-order valence-corrected chi connectivity index (χ3v) is 4.59. The van der Waals surface area contributed by atoms with E-state index in [4.69, 9.17) is 5.73 Å².